The minimum absolute atomic E-state index is 0.100. The normalized spacial score (nSPS) is 13.6. The lowest BCUT2D eigenvalue weighted by Gasteiger charge is -2.29. The van der Waals surface area contributed by atoms with E-state index in [0.29, 0.717) is 30.9 Å². The molecule has 7 heteroatoms. The standard InChI is InChI=1S/C26H29N3O3S/c1-19-8-4-5-10-21(19)17-27-24-14-23(15-25(16-24)33(31,32)28(2)3)26(30)29-13-12-20-9-6-7-11-22(20)18-29/h4-11,14-16,27H,12-13,17-18H2,1-3H3. The molecule has 0 saturated carbocycles. The van der Waals surface area contributed by atoms with Crippen LogP contribution in [0.2, 0.25) is 0 Å². The molecular formula is C26H29N3O3S. The summed E-state index contributed by atoms with van der Waals surface area (Å²) in [6, 6.07) is 21.0. The Morgan fingerprint density at radius 1 is 1.00 bits per heavy atom. The Hall–Kier alpha value is -3.16. The number of sulfonamides is 1. The highest BCUT2D eigenvalue weighted by atomic mass is 32.2. The smallest absolute Gasteiger partial charge is 0.254 e. The predicted octanol–water partition coefficient (Wildman–Crippen LogP) is 4.06. The summed E-state index contributed by atoms with van der Waals surface area (Å²) in [5.74, 6) is -0.167. The van der Waals surface area contributed by atoms with Gasteiger partial charge < -0.3 is 10.2 Å². The molecule has 0 bridgehead atoms. The molecular weight excluding hydrogens is 434 g/mol. The van der Waals surface area contributed by atoms with Crippen molar-refractivity contribution < 1.29 is 13.2 Å². The third kappa shape index (κ3) is 4.94. The van der Waals surface area contributed by atoms with E-state index in [1.807, 2.05) is 49.4 Å². The van der Waals surface area contributed by atoms with E-state index in [1.165, 1.54) is 30.0 Å². The molecule has 0 atom stereocenters. The maximum Gasteiger partial charge on any atom is 0.254 e. The summed E-state index contributed by atoms with van der Waals surface area (Å²) in [5.41, 5.74) is 5.61. The number of nitrogens with one attached hydrogen (secondary N) is 1. The van der Waals surface area contributed by atoms with Crippen molar-refractivity contribution in [3.8, 4) is 0 Å². The minimum atomic E-state index is -3.70. The largest absolute Gasteiger partial charge is 0.381 e. The molecule has 0 spiro atoms. The first-order valence-corrected chi connectivity index (χ1v) is 12.4. The zero-order valence-electron chi connectivity index (χ0n) is 19.2. The molecule has 3 aromatic rings. The number of hydrogen-bond donors (Lipinski definition) is 1. The van der Waals surface area contributed by atoms with Crippen LogP contribution in [0.25, 0.3) is 0 Å². The Bertz CT molecular complexity index is 1290. The summed E-state index contributed by atoms with van der Waals surface area (Å²) in [6.07, 6.45) is 0.788. The van der Waals surface area contributed by atoms with E-state index in [2.05, 4.69) is 11.4 Å². The molecule has 1 aliphatic heterocycles. The number of hydrogen-bond acceptors (Lipinski definition) is 4. The van der Waals surface area contributed by atoms with Crippen LogP contribution in [0, 0.1) is 6.92 Å². The number of anilines is 1. The molecule has 172 valence electrons. The lowest BCUT2D eigenvalue weighted by Crippen LogP contribution is -2.36. The van der Waals surface area contributed by atoms with Gasteiger partial charge in [-0.25, -0.2) is 12.7 Å². The van der Waals surface area contributed by atoms with Crippen molar-refractivity contribution in [1.29, 1.82) is 0 Å². The number of amides is 1. The monoisotopic (exact) mass is 463 g/mol. The van der Waals surface area contributed by atoms with Gasteiger partial charge in [0.1, 0.15) is 0 Å². The molecule has 33 heavy (non-hydrogen) atoms. The second kappa shape index (κ2) is 9.37. The number of aryl methyl sites for hydroxylation is 1. The summed E-state index contributed by atoms with van der Waals surface area (Å²) in [4.78, 5) is 15.3. The van der Waals surface area contributed by atoms with Gasteiger partial charge in [0.2, 0.25) is 10.0 Å². The molecule has 0 aromatic heterocycles. The molecule has 4 rings (SSSR count). The summed E-state index contributed by atoms with van der Waals surface area (Å²) in [6.45, 7) is 3.69. The van der Waals surface area contributed by atoms with Crippen LogP contribution in [0.4, 0.5) is 5.69 Å². The van der Waals surface area contributed by atoms with Crippen molar-refractivity contribution in [2.45, 2.75) is 31.3 Å². The molecule has 1 heterocycles. The van der Waals surface area contributed by atoms with E-state index in [1.54, 1.807) is 17.0 Å². The summed E-state index contributed by atoms with van der Waals surface area (Å²) in [5, 5.41) is 3.31. The number of benzene rings is 3. The van der Waals surface area contributed by atoms with E-state index < -0.39 is 10.0 Å². The van der Waals surface area contributed by atoms with Crippen LogP contribution in [0.1, 0.15) is 32.6 Å². The molecule has 0 radical (unpaired) electrons. The molecule has 0 fully saturated rings. The van der Waals surface area contributed by atoms with Gasteiger partial charge in [-0.15, -0.1) is 0 Å². The fourth-order valence-corrected chi connectivity index (χ4v) is 5.02. The van der Waals surface area contributed by atoms with E-state index in [-0.39, 0.29) is 10.8 Å². The van der Waals surface area contributed by atoms with Crippen molar-refractivity contribution in [2.75, 3.05) is 26.0 Å². The number of rotatable bonds is 6. The zero-order chi connectivity index (χ0) is 23.6. The van der Waals surface area contributed by atoms with E-state index in [0.717, 1.165) is 23.1 Å². The summed E-state index contributed by atoms with van der Waals surface area (Å²) >= 11 is 0. The molecule has 1 N–H and O–H groups in total. The Labute approximate surface area is 195 Å². The maximum absolute atomic E-state index is 13.4. The van der Waals surface area contributed by atoms with Crippen molar-refractivity contribution in [2.24, 2.45) is 0 Å². The molecule has 1 aliphatic rings. The Morgan fingerprint density at radius 2 is 1.70 bits per heavy atom. The second-order valence-corrected chi connectivity index (χ2v) is 10.7. The van der Waals surface area contributed by atoms with Crippen LogP contribution in [-0.4, -0.2) is 44.2 Å². The number of carbonyl (C=O) groups is 1. The molecule has 1 amide bonds. The average Bonchev–Trinajstić information content (AvgIpc) is 2.82. The summed E-state index contributed by atoms with van der Waals surface area (Å²) in [7, 11) is -0.720. The average molecular weight is 464 g/mol. The van der Waals surface area contributed by atoms with Crippen LogP contribution < -0.4 is 5.32 Å². The molecule has 0 unspecified atom stereocenters. The van der Waals surface area contributed by atoms with Gasteiger partial charge in [0, 0.05) is 45.0 Å². The maximum atomic E-state index is 13.4. The van der Waals surface area contributed by atoms with Gasteiger partial charge in [-0.2, -0.15) is 0 Å². The Morgan fingerprint density at radius 3 is 2.42 bits per heavy atom. The Balaban J connectivity index is 1.66. The van der Waals surface area contributed by atoms with E-state index in [9.17, 15) is 13.2 Å². The van der Waals surface area contributed by atoms with E-state index in [4.69, 9.17) is 0 Å². The van der Waals surface area contributed by atoms with Crippen molar-refractivity contribution >= 4 is 21.6 Å². The first-order chi connectivity index (χ1) is 15.8. The van der Waals surface area contributed by atoms with Crippen molar-refractivity contribution in [3.63, 3.8) is 0 Å². The first kappa shape index (κ1) is 23.0. The third-order valence-corrected chi connectivity index (χ3v) is 7.89. The first-order valence-electron chi connectivity index (χ1n) is 11.0. The van der Waals surface area contributed by atoms with Crippen LogP contribution >= 0.6 is 0 Å². The zero-order valence-corrected chi connectivity index (χ0v) is 20.0. The van der Waals surface area contributed by atoms with Crippen LogP contribution in [0.5, 0.6) is 0 Å². The van der Waals surface area contributed by atoms with E-state index >= 15 is 0 Å². The highest BCUT2D eigenvalue weighted by molar-refractivity contribution is 7.89. The van der Waals surface area contributed by atoms with Gasteiger partial charge in [0.25, 0.3) is 5.91 Å². The SMILES string of the molecule is Cc1ccccc1CNc1cc(C(=O)N2CCc3ccccc3C2)cc(S(=O)(=O)N(C)C)c1. The molecule has 6 nitrogen and oxygen atoms in total. The molecule has 0 saturated heterocycles. The highest BCUT2D eigenvalue weighted by Gasteiger charge is 2.25. The Kier molecular flexibility index (Phi) is 6.54. The molecule has 0 aliphatic carbocycles. The fourth-order valence-electron chi connectivity index (χ4n) is 4.04. The molecule has 3 aromatic carbocycles. The van der Waals surface area contributed by atoms with Gasteiger partial charge in [0.05, 0.1) is 4.90 Å². The highest BCUT2D eigenvalue weighted by Crippen LogP contribution is 2.25. The fraction of sp³-hybridized carbons (Fsp3) is 0.269. The van der Waals surface area contributed by atoms with Gasteiger partial charge in [-0.3, -0.25) is 4.79 Å². The van der Waals surface area contributed by atoms with Crippen LogP contribution in [0.15, 0.2) is 71.6 Å². The van der Waals surface area contributed by atoms with Gasteiger partial charge in [-0.1, -0.05) is 48.5 Å². The lowest BCUT2D eigenvalue weighted by atomic mass is 9.99. The predicted molar refractivity (Wildman–Crippen MR) is 131 cm³/mol. The number of carbonyl (C=O) groups excluding carboxylic acids is 1. The number of fused-ring (bicyclic) bond motifs is 1. The topological polar surface area (TPSA) is 69.7 Å². The van der Waals surface area contributed by atoms with Crippen LogP contribution in [-0.2, 0) is 29.5 Å². The van der Waals surface area contributed by atoms with Crippen LogP contribution in [0.3, 0.4) is 0 Å². The van der Waals surface area contributed by atoms with Crippen molar-refractivity contribution in [3.05, 3.63) is 94.5 Å². The lowest BCUT2D eigenvalue weighted by molar-refractivity contribution is 0.0734. The quantitative estimate of drug-likeness (QED) is 0.599. The van der Waals surface area contributed by atoms with Gasteiger partial charge >= 0.3 is 0 Å². The third-order valence-electron chi connectivity index (χ3n) is 6.09. The minimum Gasteiger partial charge on any atom is -0.381 e. The second-order valence-electron chi connectivity index (χ2n) is 8.56. The van der Waals surface area contributed by atoms with Gasteiger partial charge in [0.15, 0.2) is 0 Å². The van der Waals surface area contributed by atoms with Gasteiger partial charge in [-0.05, 0) is 53.8 Å². The summed E-state index contributed by atoms with van der Waals surface area (Å²) < 4.78 is 27.0. The van der Waals surface area contributed by atoms with Crippen molar-refractivity contribution in [1.82, 2.24) is 9.21 Å². The number of nitrogens with zero attached hydrogens (tertiary/aromatic N) is 2.